The third-order valence-corrected chi connectivity index (χ3v) is 6.04. The number of benzene rings is 2. The number of rotatable bonds is 4. The molecule has 2 aromatic carbocycles. The maximum Gasteiger partial charge on any atom is 0.142 e. The summed E-state index contributed by atoms with van der Waals surface area (Å²) in [6.45, 7) is 2.88. The lowest BCUT2D eigenvalue weighted by Crippen LogP contribution is -2.25. The number of pyridine rings is 1. The number of ether oxygens (including phenoxy) is 1. The molecule has 0 atom stereocenters. The van der Waals surface area contributed by atoms with Crippen molar-refractivity contribution in [3.63, 3.8) is 0 Å². The number of hydrogen-bond donors (Lipinski definition) is 0. The lowest BCUT2D eigenvalue weighted by Gasteiger charge is -2.21. The van der Waals surface area contributed by atoms with E-state index in [1.165, 1.54) is 11.6 Å². The van der Waals surface area contributed by atoms with Gasteiger partial charge in [-0.1, -0.05) is 11.6 Å². The first kappa shape index (κ1) is 20.8. The summed E-state index contributed by atoms with van der Waals surface area (Å²) < 4.78 is 21.7. The zero-order valence-electron chi connectivity index (χ0n) is 18.1. The van der Waals surface area contributed by atoms with Crippen LogP contribution in [0.25, 0.3) is 16.6 Å². The zero-order chi connectivity index (χ0) is 22.2. The van der Waals surface area contributed by atoms with Crippen LogP contribution in [0.1, 0.15) is 11.1 Å². The molecule has 0 spiro atoms. The molecular formula is C25H24ClFN4O. The topological polar surface area (TPSA) is 33.5 Å². The average Bonchev–Trinajstić information content (AvgIpc) is 3.07. The molecule has 0 unspecified atom stereocenters. The second-order valence-electron chi connectivity index (χ2n) is 8.28. The summed E-state index contributed by atoms with van der Waals surface area (Å²) in [4.78, 5) is 8.76. The van der Waals surface area contributed by atoms with Crippen LogP contribution in [0.5, 0.6) is 5.75 Å². The maximum absolute atomic E-state index is 13.6. The third kappa shape index (κ3) is 4.04. The summed E-state index contributed by atoms with van der Waals surface area (Å²) in [6, 6.07) is 14.9. The van der Waals surface area contributed by atoms with Gasteiger partial charge in [0.1, 0.15) is 24.0 Å². The lowest BCUT2D eigenvalue weighted by molar-refractivity contribution is 0.219. The quantitative estimate of drug-likeness (QED) is 0.423. The number of halogens is 2. The largest absolute Gasteiger partial charge is 0.490 e. The van der Waals surface area contributed by atoms with Crippen LogP contribution in [0.4, 0.5) is 10.2 Å². The van der Waals surface area contributed by atoms with Crippen LogP contribution in [-0.4, -0.2) is 41.7 Å². The molecule has 1 aliphatic heterocycles. The van der Waals surface area contributed by atoms with Crippen LogP contribution >= 0.6 is 11.6 Å². The minimum Gasteiger partial charge on any atom is -0.490 e. The molecule has 0 bridgehead atoms. The molecule has 32 heavy (non-hydrogen) atoms. The first-order valence-electron chi connectivity index (χ1n) is 10.5. The van der Waals surface area contributed by atoms with Crippen molar-refractivity contribution in [3.8, 4) is 11.4 Å². The van der Waals surface area contributed by atoms with Crippen LogP contribution in [0, 0.1) is 5.82 Å². The normalized spacial score (nSPS) is 14.1. The van der Waals surface area contributed by atoms with E-state index in [9.17, 15) is 4.39 Å². The minimum atomic E-state index is -0.243. The fraction of sp³-hybridized carbons (Fsp3) is 0.240. The standard InChI is InChI=1S/C25H24ClFN4O/c1-29(2)24-11-17(5-7-28-24)15-30-9-10-32-25-19(16-30)13-21(14-22(25)26)31-8-6-18-12-20(27)3-4-23(18)31/h3-8,11-14H,9-10,15-16H2,1-2H3. The molecule has 0 N–H and O–H groups in total. The van der Waals surface area contributed by atoms with Crippen molar-refractivity contribution < 1.29 is 9.13 Å². The zero-order valence-corrected chi connectivity index (χ0v) is 18.8. The summed E-state index contributed by atoms with van der Waals surface area (Å²) in [5.74, 6) is 1.44. The number of fused-ring (bicyclic) bond motifs is 2. The first-order chi connectivity index (χ1) is 15.5. The van der Waals surface area contributed by atoms with Crippen molar-refractivity contribution in [2.24, 2.45) is 0 Å². The predicted octanol–water partition coefficient (Wildman–Crippen LogP) is 5.28. The highest BCUT2D eigenvalue weighted by Crippen LogP contribution is 2.35. The van der Waals surface area contributed by atoms with Gasteiger partial charge >= 0.3 is 0 Å². The van der Waals surface area contributed by atoms with E-state index in [1.54, 1.807) is 12.1 Å². The van der Waals surface area contributed by atoms with E-state index in [1.807, 2.05) is 54.2 Å². The van der Waals surface area contributed by atoms with Crippen molar-refractivity contribution in [3.05, 3.63) is 82.9 Å². The van der Waals surface area contributed by atoms with Gasteiger partial charge in [-0.25, -0.2) is 9.37 Å². The number of nitrogens with zero attached hydrogens (tertiary/aromatic N) is 4. The molecule has 5 rings (SSSR count). The number of hydrogen-bond acceptors (Lipinski definition) is 4. The Morgan fingerprint density at radius 2 is 2.00 bits per heavy atom. The molecule has 1 aliphatic rings. The molecule has 4 aromatic rings. The van der Waals surface area contributed by atoms with Crippen LogP contribution in [0.2, 0.25) is 5.02 Å². The molecule has 164 valence electrons. The van der Waals surface area contributed by atoms with Crippen LogP contribution in [0.15, 0.2) is 60.9 Å². The second-order valence-corrected chi connectivity index (χ2v) is 8.69. The predicted molar refractivity (Wildman–Crippen MR) is 126 cm³/mol. The SMILES string of the molecule is CN(C)c1cc(CN2CCOc3c(Cl)cc(-n4ccc5cc(F)ccc54)cc3C2)ccn1. The summed E-state index contributed by atoms with van der Waals surface area (Å²) >= 11 is 6.65. The van der Waals surface area contributed by atoms with Gasteiger partial charge < -0.3 is 14.2 Å². The summed E-state index contributed by atoms with van der Waals surface area (Å²) in [5, 5.41) is 1.44. The molecule has 0 fully saturated rings. The van der Waals surface area contributed by atoms with Gasteiger partial charge in [-0.3, -0.25) is 4.90 Å². The highest BCUT2D eigenvalue weighted by atomic mass is 35.5. The summed E-state index contributed by atoms with van der Waals surface area (Å²) in [5.41, 5.74) is 4.10. The van der Waals surface area contributed by atoms with E-state index in [-0.39, 0.29) is 5.82 Å². The fourth-order valence-electron chi connectivity index (χ4n) is 4.18. The summed E-state index contributed by atoms with van der Waals surface area (Å²) in [7, 11) is 3.98. The van der Waals surface area contributed by atoms with E-state index < -0.39 is 0 Å². The van der Waals surface area contributed by atoms with Crippen LogP contribution < -0.4 is 9.64 Å². The molecule has 3 heterocycles. The number of aromatic nitrogens is 2. The van der Waals surface area contributed by atoms with Gasteiger partial charge in [-0.15, -0.1) is 0 Å². The first-order valence-corrected chi connectivity index (χ1v) is 10.9. The van der Waals surface area contributed by atoms with Crippen molar-refractivity contribution in [2.75, 3.05) is 32.1 Å². The van der Waals surface area contributed by atoms with E-state index in [0.717, 1.165) is 53.4 Å². The van der Waals surface area contributed by atoms with Gasteiger partial charge in [-0.2, -0.15) is 0 Å². The van der Waals surface area contributed by atoms with E-state index in [4.69, 9.17) is 16.3 Å². The smallest absolute Gasteiger partial charge is 0.142 e. The van der Waals surface area contributed by atoms with Gasteiger partial charge in [-0.05, 0) is 54.1 Å². The molecule has 0 saturated heterocycles. The Morgan fingerprint density at radius 1 is 1.12 bits per heavy atom. The average molecular weight is 451 g/mol. The molecule has 0 saturated carbocycles. The van der Waals surface area contributed by atoms with Crippen LogP contribution in [0.3, 0.4) is 0 Å². The monoisotopic (exact) mass is 450 g/mol. The Hall–Kier alpha value is -3.09. The molecular weight excluding hydrogens is 427 g/mol. The van der Waals surface area contributed by atoms with Gasteiger partial charge in [0.05, 0.1) is 10.5 Å². The Kier molecular flexibility index (Phi) is 5.49. The second kappa shape index (κ2) is 8.45. The highest BCUT2D eigenvalue weighted by molar-refractivity contribution is 6.32. The Morgan fingerprint density at radius 3 is 2.84 bits per heavy atom. The molecule has 0 aliphatic carbocycles. The molecule has 7 heteroatoms. The van der Waals surface area contributed by atoms with E-state index >= 15 is 0 Å². The van der Waals surface area contributed by atoms with Crippen molar-refractivity contribution in [1.82, 2.24) is 14.5 Å². The molecule has 0 amide bonds. The van der Waals surface area contributed by atoms with Crippen molar-refractivity contribution in [2.45, 2.75) is 13.1 Å². The fourth-order valence-corrected chi connectivity index (χ4v) is 4.47. The highest BCUT2D eigenvalue weighted by Gasteiger charge is 2.20. The summed E-state index contributed by atoms with van der Waals surface area (Å²) in [6.07, 6.45) is 3.79. The van der Waals surface area contributed by atoms with E-state index in [0.29, 0.717) is 11.6 Å². The minimum absolute atomic E-state index is 0.243. The lowest BCUT2D eigenvalue weighted by atomic mass is 10.1. The number of anilines is 1. The maximum atomic E-state index is 13.6. The molecule has 5 nitrogen and oxygen atoms in total. The van der Waals surface area contributed by atoms with Gasteiger partial charge in [0.25, 0.3) is 0 Å². The van der Waals surface area contributed by atoms with Crippen molar-refractivity contribution >= 4 is 28.3 Å². The Bertz CT molecular complexity index is 1290. The van der Waals surface area contributed by atoms with Gasteiger partial charge in [0, 0.05) is 62.8 Å². The molecule has 2 aromatic heterocycles. The van der Waals surface area contributed by atoms with Gasteiger partial charge in [0.2, 0.25) is 0 Å². The van der Waals surface area contributed by atoms with Crippen LogP contribution in [-0.2, 0) is 13.1 Å². The molecule has 0 radical (unpaired) electrons. The Labute approximate surface area is 191 Å². The third-order valence-electron chi connectivity index (χ3n) is 5.76. The van der Waals surface area contributed by atoms with Crippen molar-refractivity contribution in [1.29, 1.82) is 0 Å². The van der Waals surface area contributed by atoms with Gasteiger partial charge in [0.15, 0.2) is 0 Å². The van der Waals surface area contributed by atoms with E-state index in [2.05, 4.69) is 22.0 Å². The Balaban J connectivity index is 1.47.